The Kier molecular flexibility index (Phi) is 5.09. The highest BCUT2D eigenvalue weighted by atomic mass is 32.2. The number of hydrogen-bond acceptors (Lipinski definition) is 5. The topological polar surface area (TPSA) is 95.2 Å². The molecule has 0 saturated carbocycles. The van der Waals surface area contributed by atoms with Crippen LogP contribution in [0.25, 0.3) is 22.4 Å². The second kappa shape index (κ2) is 7.92. The maximum absolute atomic E-state index is 13.2. The molecule has 1 saturated heterocycles. The molecule has 9 heteroatoms. The maximum Gasteiger partial charge on any atom is 0.253 e. The lowest BCUT2D eigenvalue weighted by Gasteiger charge is -2.23. The molecule has 5 rings (SSSR count). The Balaban J connectivity index is 1.43. The molecule has 0 spiro atoms. The van der Waals surface area contributed by atoms with E-state index in [0.717, 1.165) is 27.9 Å². The van der Waals surface area contributed by atoms with Crippen LogP contribution in [0.3, 0.4) is 0 Å². The molecule has 4 aromatic rings. The quantitative estimate of drug-likeness (QED) is 0.477. The van der Waals surface area contributed by atoms with Crippen LogP contribution in [0.5, 0.6) is 0 Å². The van der Waals surface area contributed by atoms with Gasteiger partial charge in [0.1, 0.15) is 16.1 Å². The summed E-state index contributed by atoms with van der Waals surface area (Å²) in [5.74, 6) is 0.313. The van der Waals surface area contributed by atoms with E-state index in [1.54, 1.807) is 23.6 Å². The normalized spacial score (nSPS) is 17.2. The molecule has 0 radical (unpaired) electrons. The zero-order valence-corrected chi connectivity index (χ0v) is 18.1. The minimum Gasteiger partial charge on any atom is -0.338 e. The van der Waals surface area contributed by atoms with Gasteiger partial charge in [0.15, 0.2) is 0 Å². The van der Waals surface area contributed by atoms with Crippen LogP contribution < -0.4 is 5.32 Å². The van der Waals surface area contributed by atoms with Crippen molar-refractivity contribution >= 4 is 44.0 Å². The molecule has 1 aliphatic rings. The Hall–Kier alpha value is -3.01. The number of imidazole rings is 1. The highest BCUT2D eigenvalue weighted by Crippen LogP contribution is 2.31. The van der Waals surface area contributed by atoms with Gasteiger partial charge in [0.2, 0.25) is 5.91 Å². The van der Waals surface area contributed by atoms with Crippen molar-refractivity contribution in [2.75, 3.05) is 11.9 Å². The van der Waals surface area contributed by atoms with Crippen LogP contribution in [0.1, 0.15) is 12.8 Å². The standard InChI is InChI=1S/C22H20N4O3S2/c27-22(19-11-5-13-26(19)31(28,29)20-12-6-14-30-20)25-16-8-2-1-7-15(16)21-23-17-9-3-4-10-18(17)24-21/h1-4,6-10,12,14,19H,5,11,13H2,(H,23,24)(H,25,27)/t19-/m1/s1. The number of fused-ring (bicyclic) bond motifs is 1. The number of amides is 1. The third-order valence-electron chi connectivity index (χ3n) is 5.39. The average Bonchev–Trinajstić information content (AvgIpc) is 3.54. The molecule has 3 heterocycles. The molecular weight excluding hydrogens is 432 g/mol. The molecule has 1 aliphatic heterocycles. The van der Waals surface area contributed by atoms with E-state index >= 15 is 0 Å². The zero-order chi connectivity index (χ0) is 21.4. The predicted molar refractivity (Wildman–Crippen MR) is 121 cm³/mol. The van der Waals surface area contributed by atoms with Crippen molar-refractivity contribution in [3.8, 4) is 11.4 Å². The van der Waals surface area contributed by atoms with E-state index in [-0.39, 0.29) is 10.1 Å². The summed E-state index contributed by atoms with van der Waals surface area (Å²) in [5.41, 5.74) is 3.08. The Labute approximate surface area is 183 Å². The number of rotatable bonds is 5. The fourth-order valence-corrected chi connectivity index (χ4v) is 6.69. The number of thiophene rings is 1. The van der Waals surface area contributed by atoms with E-state index in [2.05, 4.69) is 15.3 Å². The van der Waals surface area contributed by atoms with E-state index in [0.29, 0.717) is 30.9 Å². The first-order valence-corrected chi connectivity index (χ1v) is 12.3. The number of aromatic nitrogens is 2. The summed E-state index contributed by atoms with van der Waals surface area (Å²) in [6.45, 7) is 0.337. The van der Waals surface area contributed by atoms with Crippen LogP contribution in [0.15, 0.2) is 70.3 Å². The number of nitrogens with zero attached hydrogens (tertiary/aromatic N) is 2. The van der Waals surface area contributed by atoms with Gasteiger partial charge in [-0.2, -0.15) is 4.31 Å². The van der Waals surface area contributed by atoms with Gasteiger partial charge in [0.05, 0.1) is 16.7 Å². The van der Waals surface area contributed by atoms with Crippen LogP contribution in [0.4, 0.5) is 5.69 Å². The molecular formula is C22H20N4O3S2. The van der Waals surface area contributed by atoms with Crippen LogP contribution in [-0.2, 0) is 14.8 Å². The van der Waals surface area contributed by atoms with Crippen molar-refractivity contribution in [2.24, 2.45) is 0 Å². The summed E-state index contributed by atoms with van der Waals surface area (Å²) in [5, 5.41) is 4.66. The minimum atomic E-state index is -3.69. The van der Waals surface area contributed by atoms with Gasteiger partial charge in [0, 0.05) is 12.1 Å². The minimum absolute atomic E-state index is 0.259. The van der Waals surface area contributed by atoms with Crippen LogP contribution >= 0.6 is 11.3 Å². The summed E-state index contributed by atoms with van der Waals surface area (Å²) < 4.78 is 27.6. The number of carbonyl (C=O) groups excluding carboxylic acids is 1. The van der Waals surface area contributed by atoms with Crippen LogP contribution in [-0.4, -0.2) is 41.2 Å². The number of carbonyl (C=O) groups is 1. The molecule has 1 amide bonds. The highest BCUT2D eigenvalue weighted by molar-refractivity contribution is 7.91. The van der Waals surface area contributed by atoms with Gasteiger partial charge in [-0.3, -0.25) is 4.79 Å². The monoisotopic (exact) mass is 452 g/mol. The summed E-state index contributed by atoms with van der Waals surface area (Å²) in [6, 6.07) is 17.6. The largest absolute Gasteiger partial charge is 0.338 e. The van der Waals surface area contributed by atoms with E-state index < -0.39 is 16.1 Å². The second-order valence-electron chi connectivity index (χ2n) is 7.34. The third-order valence-corrected chi connectivity index (χ3v) is 8.68. The SMILES string of the molecule is O=C(Nc1ccccc1-c1nc2ccccc2[nH]1)[C@H]1CCCN1S(=O)(=O)c1cccs1. The summed E-state index contributed by atoms with van der Waals surface area (Å²) in [4.78, 5) is 21.1. The molecule has 2 aromatic heterocycles. The van der Waals surface area contributed by atoms with E-state index in [4.69, 9.17) is 0 Å². The van der Waals surface area contributed by atoms with Crippen molar-refractivity contribution in [2.45, 2.75) is 23.1 Å². The summed E-state index contributed by atoms with van der Waals surface area (Å²) >= 11 is 1.16. The molecule has 0 bridgehead atoms. The first-order valence-electron chi connectivity index (χ1n) is 9.94. The Morgan fingerprint density at radius 1 is 1.10 bits per heavy atom. The van der Waals surface area contributed by atoms with Gasteiger partial charge in [-0.15, -0.1) is 11.3 Å². The van der Waals surface area contributed by atoms with Gasteiger partial charge in [-0.05, 0) is 48.6 Å². The number of benzene rings is 2. The summed E-state index contributed by atoms with van der Waals surface area (Å²) in [6.07, 6.45) is 1.14. The van der Waals surface area contributed by atoms with Crippen molar-refractivity contribution in [3.63, 3.8) is 0 Å². The van der Waals surface area contributed by atoms with Gasteiger partial charge in [-0.1, -0.05) is 30.3 Å². The van der Waals surface area contributed by atoms with E-state index in [9.17, 15) is 13.2 Å². The fraction of sp³-hybridized carbons (Fsp3) is 0.182. The number of sulfonamides is 1. The molecule has 1 fully saturated rings. The van der Waals surface area contributed by atoms with E-state index in [1.807, 2.05) is 42.5 Å². The number of nitrogens with one attached hydrogen (secondary N) is 2. The van der Waals surface area contributed by atoms with Crippen LogP contribution in [0.2, 0.25) is 0 Å². The van der Waals surface area contributed by atoms with Gasteiger partial charge in [0.25, 0.3) is 10.0 Å². The third kappa shape index (κ3) is 3.65. The van der Waals surface area contributed by atoms with Crippen molar-refractivity contribution in [3.05, 3.63) is 66.0 Å². The maximum atomic E-state index is 13.2. The predicted octanol–water partition coefficient (Wildman–Crippen LogP) is 4.08. The molecule has 1 atom stereocenters. The number of para-hydroxylation sites is 3. The highest BCUT2D eigenvalue weighted by Gasteiger charge is 2.40. The average molecular weight is 453 g/mol. The van der Waals surface area contributed by atoms with Crippen LogP contribution in [0, 0.1) is 0 Å². The fourth-order valence-electron chi connectivity index (χ4n) is 3.91. The number of hydrogen-bond donors (Lipinski definition) is 2. The second-order valence-corrected chi connectivity index (χ2v) is 10.4. The number of anilines is 1. The van der Waals surface area contributed by atoms with Gasteiger partial charge in [-0.25, -0.2) is 13.4 Å². The lowest BCUT2D eigenvalue weighted by atomic mass is 10.1. The molecule has 2 aromatic carbocycles. The van der Waals surface area contributed by atoms with Crippen molar-refractivity contribution < 1.29 is 13.2 Å². The number of H-pyrrole nitrogens is 1. The smallest absolute Gasteiger partial charge is 0.253 e. The van der Waals surface area contributed by atoms with Crippen molar-refractivity contribution in [1.29, 1.82) is 0 Å². The lowest BCUT2D eigenvalue weighted by molar-refractivity contribution is -0.119. The molecule has 0 unspecified atom stereocenters. The lowest BCUT2D eigenvalue weighted by Crippen LogP contribution is -2.42. The molecule has 158 valence electrons. The first-order chi connectivity index (χ1) is 15.0. The molecule has 31 heavy (non-hydrogen) atoms. The Morgan fingerprint density at radius 2 is 1.90 bits per heavy atom. The number of aromatic amines is 1. The van der Waals surface area contributed by atoms with Gasteiger partial charge >= 0.3 is 0 Å². The zero-order valence-electron chi connectivity index (χ0n) is 16.5. The molecule has 0 aliphatic carbocycles. The van der Waals surface area contributed by atoms with Crippen molar-refractivity contribution in [1.82, 2.24) is 14.3 Å². The first kappa shape index (κ1) is 19.9. The van der Waals surface area contributed by atoms with E-state index in [1.165, 1.54) is 4.31 Å². The molecule has 2 N–H and O–H groups in total. The van der Waals surface area contributed by atoms with Gasteiger partial charge < -0.3 is 10.3 Å². The Bertz CT molecular complexity index is 1310. The Morgan fingerprint density at radius 3 is 2.71 bits per heavy atom. The summed E-state index contributed by atoms with van der Waals surface area (Å²) in [7, 11) is -3.69. The molecule has 7 nitrogen and oxygen atoms in total.